The van der Waals surface area contributed by atoms with Gasteiger partial charge in [-0.3, -0.25) is 0 Å². The normalized spacial score (nSPS) is 15.7. The van der Waals surface area contributed by atoms with E-state index in [-0.39, 0.29) is 0 Å². The molecule has 0 unspecified atom stereocenters. The maximum absolute atomic E-state index is 10.6. The van der Waals surface area contributed by atoms with Crippen LogP contribution in [-0.4, -0.2) is 29.2 Å². The minimum absolute atomic E-state index is 0.293. The number of carboxylic acids is 1. The van der Waals surface area contributed by atoms with Crippen molar-refractivity contribution in [2.45, 2.75) is 0 Å². The predicted molar refractivity (Wildman–Crippen MR) is 59.7 cm³/mol. The molecule has 1 fully saturated rings. The van der Waals surface area contributed by atoms with E-state index < -0.39 is 5.97 Å². The molecule has 0 spiro atoms. The third-order valence-corrected chi connectivity index (χ3v) is 3.71. The maximum atomic E-state index is 10.6. The Morgan fingerprint density at radius 3 is 2.53 bits per heavy atom. The molecule has 80 valence electrons. The summed E-state index contributed by atoms with van der Waals surface area (Å²) in [5.41, 5.74) is 0.293. The van der Waals surface area contributed by atoms with Crippen LogP contribution in [0.3, 0.4) is 0 Å². The molecule has 1 aliphatic heterocycles. The van der Waals surface area contributed by atoms with Gasteiger partial charge in [0, 0.05) is 17.4 Å². The van der Waals surface area contributed by atoms with Crippen LogP contribution in [0, 0.1) is 5.92 Å². The van der Waals surface area contributed by atoms with Crippen molar-refractivity contribution in [3.8, 4) is 5.75 Å². The van der Waals surface area contributed by atoms with Gasteiger partial charge in [0.2, 0.25) is 0 Å². The monoisotopic (exact) mass is 224 g/mol. The highest BCUT2D eigenvalue weighted by molar-refractivity contribution is 8.00. The lowest BCUT2D eigenvalue weighted by Gasteiger charge is -2.24. The fourth-order valence-electron chi connectivity index (χ4n) is 1.29. The molecule has 0 radical (unpaired) electrons. The van der Waals surface area contributed by atoms with Crippen LogP contribution in [0.4, 0.5) is 0 Å². The van der Waals surface area contributed by atoms with E-state index in [1.54, 1.807) is 24.3 Å². The summed E-state index contributed by atoms with van der Waals surface area (Å²) in [5, 5.41) is 8.70. The van der Waals surface area contributed by atoms with Gasteiger partial charge in [0.05, 0.1) is 12.2 Å². The quantitative estimate of drug-likeness (QED) is 0.851. The van der Waals surface area contributed by atoms with Gasteiger partial charge in [0.15, 0.2) is 0 Å². The summed E-state index contributed by atoms with van der Waals surface area (Å²) in [6.07, 6.45) is 0. The lowest BCUT2D eigenvalue weighted by Crippen LogP contribution is -2.25. The molecule has 0 aromatic heterocycles. The van der Waals surface area contributed by atoms with Crippen LogP contribution in [0.25, 0.3) is 0 Å². The van der Waals surface area contributed by atoms with Crippen LogP contribution in [-0.2, 0) is 0 Å². The highest BCUT2D eigenvalue weighted by atomic mass is 32.2. The first-order valence-electron chi connectivity index (χ1n) is 4.79. The number of aromatic carboxylic acids is 1. The molecule has 4 heteroatoms. The molecule has 2 rings (SSSR count). The fourth-order valence-corrected chi connectivity index (χ4v) is 2.05. The zero-order valence-electron chi connectivity index (χ0n) is 8.18. The number of hydrogen-bond acceptors (Lipinski definition) is 3. The zero-order chi connectivity index (χ0) is 10.7. The van der Waals surface area contributed by atoms with Crippen LogP contribution in [0.1, 0.15) is 10.4 Å². The summed E-state index contributed by atoms with van der Waals surface area (Å²) in [6, 6.07) is 6.53. The van der Waals surface area contributed by atoms with E-state index in [0.29, 0.717) is 11.5 Å². The summed E-state index contributed by atoms with van der Waals surface area (Å²) in [6.45, 7) is 0.736. The van der Waals surface area contributed by atoms with Crippen LogP contribution in [0.15, 0.2) is 24.3 Å². The average Bonchev–Trinajstić information content (AvgIpc) is 2.16. The summed E-state index contributed by atoms with van der Waals surface area (Å²) in [7, 11) is 0. The minimum atomic E-state index is -0.906. The molecule has 3 nitrogen and oxygen atoms in total. The van der Waals surface area contributed by atoms with Gasteiger partial charge < -0.3 is 9.84 Å². The summed E-state index contributed by atoms with van der Waals surface area (Å²) in [5.74, 6) is 2.85. The van der Waals surface area contributed by atoms with E-state index >= 15 is 0 Å². The van der Waals surface area contributed by atoms with Crippen LogP contribution < -0.4 is 4.74 Å². The van der Waals surface area contributed by atoms with Crippen LogP contribution in [0.5, 0.6) is 5.75 Å². The fraction of sp³-hybridized carbons (Fsp3) is 0.364. The molecule has 0 bridgehead atoms. The highest BCUT2D eigenvalue weighted by Gasteiger charge is 2.18. The van der Waals surface area contributed by atoms with Crippen molar-refractivity contribution >= 4 is 17.7 Å². The molecule has 1 aliphatic rings. The number of benzene rings is 1. The third kappa shape index (κ3) is 2.65. The number of rotatable bonds is 4. The number of hydrogen-bond donors (Lipinski definition) is 1. The average molecular weight is 224 g/mol. The molecule has 0 amide bonds. The van der Waals surface area contributed by atoms with E-state index in [1.807, 2.05) is 11.8 Å². The van der Waals surface area contributed by atoms with Gasteiger partial charge in [-0.1, -0.05) is 0 Å². The molecule has 1 N–H and O–H groups in total. The van der Waals surface area contributed by atoms with Gasteiger partial charge in [-0.2, -0.15) is 11.8 Å². The molecule has 15 heavy (non-hydrogen) atoms. The van der Waals surface area contributed by atoms with Gasteiger partial charge in [-0.15, -0.1) is 0 Å². The molecular weight excluding hydrogens is 212 g/mol. The maximum Gasteiger partial charge on any atom is 0.335 e. The van der Waals surface area contributed by atoms with Crippen molar-refractivity contribution in [3.63, 3.8) is 0 Å². The standard InChI is InChI=1S/C11H12O3S/c12-11(13)9-1-3-10(4-2-9)14-5-8-6-15-7-8/h1-4,8H,5-7H2,(H,12,13). The summed E-state index contributed by atoms with van der Waals surface area (Å²) >= 11 is 1.93. The van der Waals surface area contributed by atoms with Crippen molar-refractivity contribution in [1.29, 1.82) is 0 Å². The SMILES string of the molecule is O=C(O)c1ccc(OCC2CSC2)cc1. The molecule has 0 saturated carbocycles. The van der Waals surface area contributed by atoms with E-state index in [2.05, 4.69) is 0 Å². The van der Waals surface area contributed by atoms with Gasteiger partial charge in [-0.05, 0) is 24.3 Å². The van der Waals surface area contributed by atoms with Crippen molar-refractivity contribution < 1.29 is 14.6 Å². The van der Waals surface area contributed by atoms with Gasteiger partial charge >= 0.3 is 5.97 Å². The number of carboxylic acid groups (broad SMARTS) is 1. The van der Waals surface area contributed by atoms with E-state index in [9.17, 15) is 4.79 Å². The number of carbonyl (C=O) groups is 1. The van der Waals surface area contributed by atoms with Gasteiger partial charge in [0.25, 0.3) is 0 Å². The Kier molecular flexibility index (Phi) is 3.16. The van der Waals surface area contributed by atoms with Crippen molar-refractivity contribution in [1.82, 2.24) is 0 Å². The van der Waals surface area contributed by atoms with Crippen molar-refractivity contribution in [3.05, 3.63) is 29.8 Å². The third-order valence-electron chi connectivity index (χ3n) is 2.29. The second-order valence-corrected chi connectivity index (χ2v) is 4.62. The van der Waals surface area contributed by atoms with E-state index in [4.69, 9.17) is 9.84 Å². The first-order valence-corrected chi connectivity index (χ1v) is 5.95. The second kappa shape index (κ2) is 4.57. The zero-order valence-corrected chi connectivity index (χ0v) is 9.00. The number of thioether (sulfide) groups is 1. The molecule has 1 heterocycles. The Morgan fingerprint density at radius 1 is 1.40 bits per heavy atom. The Labute approximate surface area is 92.4 Å². The summed E-state index contributed by atoms with van der Waals surface area (Å²) in [4.78, 5) is 10.6. The van der Waals surface area contributed by atoms with Crippen molar-refractivity contribution in [2.24, 2.45) is 5.92 Å². The molecule has 1 aromatic carbocycles. The van der Waals surface area contributed by atoms with Crippen molar-refractivity contribution in [2.75, 3.05) is 18.1 Å². The summed E-state index contributed by atoms with van der Waals surface area (Å²) < 4.78 is 5.54. The Bertz CT molecular complexity index is 343. The topological polar surface area (TPSA) is 46.5 Å². The van der Waals surface area contributed by atoms with E-state index in [1.165, 1.54) is 11.5 Å². The molecule has 0 atom stereocenters. The second-order valence-electron chi connectivity index (χ2n) is 3.54. The molecular formula is C11H12O3S. The number of ether oxygens (including phenoxy) is 1. The Morgan fingerprint density at radius 2 is 2.07 bits per heavy atom. The molecule has 1 aromatic rings. The Hall–Kier alpha value is -1.16. The lowest BCUT2D eigenvalue weighted by atomic mass is 10.2. The van der Waals surface area contributed by atoms with E-state index in [0.717, 1.165) is 12.4 Å². The Balaban J connectivity index is 1.88. The first kappa shape index (κ1) is 10.4. The van der Waals surface area contributed by atoms with Gasteiger partial charge in [-0.25, -0.2) is 4.79 Å². The van der Waals surface area contributed by atoms with Crippen LogP contribution in [0.2, 0.25) is 0 Å². The minimum Gasteiger partial charge on any atom is -0.493 e. The molecule has 0 aliphatic carbocycles. The largest absolute Gasteiger partial charge is 0.493 e. The highest BCUT2D eigenvalue weighted by Crippen LogP contribution is 2.25. The lowest BCUT2D eigenvalue weighted by molar-refractivity contribution is 0.0697. The predicted octanol–water partition coefficient (Wildman–Crippen LogP) is 2.13. The van der Waals surface area contributed by atoms with Gasteiger partial charge in [0.1, 0.15) is 5.75 Å². The van der Waals surface area contributed by atoms with Crippen LogP contribution >= 0.6 is 11.8 Å². The first-order chi connectivity index (χ1) is 7.25. The smallest absolute Gasteiger partial charge is 0.335 e. The molecule has 1 saturated heterocycles.